The summed E-state index contributed by atoms with van der Waals surface area (Å²) in [6, 6.07) is 9.50. The Morgan fingerprint density at radius 1 is 0.465 bits per heavy atom. The molecule has 71 heavy (non-hydrogen) atoms. The molecule has 9 atom stereocenters. The maximum Gasteiger partial charge on any atom is 0.306 e. The first-order valence-electron chi connectivity index (χ1n) is 23.7. The first kappa shape index (κ1) is 65.6. The Bertz CT molecular complexity index is 1490. The summed E-state index contributed by atoms with van der Waals surface area (Å²) in [5.74, 6) is -3.33. The van der Waals surface area contributed by atoms with Gasteiger partial charge in [0.15, 0.2) is 0 Å². The Balaban J connectivity index is 2.12. The van der Waals surface area contributed by atoms with Gasteiger partial charge < -0.3 is 104 Å². The molecule has 0 bridgehead atoms. The zero-order valence-corrected chi connectivity index (χ0v) is 40.5. The molecule has 0 heterocycles. The van der Waals surface area contributed by atoms with Crippen molar-refractivity contribution in [2.75, 3.05) is 132 Å². The smallest absolute Gasteiger partial charge is 0.306 e. The average Bonchev–Trinajstić information content (AvgIpc) is 3.38. The molecule has 2 amide bonds. The van der Waals surface area contributed by atoms with E-state index in [4.69, 9.17) is 52.8 Å². The first-order valence-corrected chi connectivity index (χ1v) is 23.7. The number of amides is 2. The Kier molecular flexibility index (Phi) is 39.7. The van der Waals surface area contributed by atoms with Crippen molar-refractivity contribution >= 4 is 23.6 Å². The van der Waals surface area contributed by atoms with E-state index in [-0.39, 0.29) is 64.7 Å². The standard InChI is InChI=1S/C46H80N2O23/c49-30-38(54)44(60)42(58)36(52)28-47-40(56)9-8-34(46(62)48-29-37(53)43(59)45(61)39(55)31-50)27-35(51)10-12-64-14-16-66-18-20-68-22-24-70-26-25-69-23-21-67-19-17-65-15-13-63-11-4-7-41(57)71-32-33-5-2-1-3-6-33/h1-3,5-6,34,36-39,42-45,49-50,52-55,58-61H,4,7-32H2,(H,47,56)(H,48,62)/t34-,36+,37+,38-,39-,42-,43-,44-,45-/m1/s1. The van der Waals surface area contributed by atoms with Crippen LogP contribution in [0.5, 0.6) is 0 Å². The van der Waals surface area contributed by atoms with Gasteiger partial charge in [0.25, 0.3) is 0 Å². The van der Waals surface area contributed by atoms with Gasteiger partial charge in [-0.3, -0.25) is 19.2 Å². The van der Waals surface area contributed by atoms with Gasteiger partial charge in [0.05, 0.1) is 125 Å². The monoisotopic (exact) mass is 1030 g/mol. The zero-order valence-electron chi connectivity index (χ0n) is 40.5. The van der Waals surface area contributed by atoms with Gasteiger partial charge in [0, 0.05) is 51.3 Å². The van der Waals surface area contributed by atoms with E-state index in [2.05, 4.69) is 10.6 Å². The van der Waals surface area contributed by atoms with Gasteiger partial charge in [-0.1, -0.05) is 30.3 Å². The highest BCUT2D eigenvalue weighted by Crippen LogP contribution is 2.15. The van der Waals surface area contributed by atoms with Crippen LogP contribution in [0.15, 0.2) is 30.3 Å². The third kappa shape index (κ3) is 33.8. The Morgan fingerprint density at radius 2 is 0.859 bits per heavy atom. The quantitative estimate of drug-likeness (QED) is 0.0216. The van der Waals surface area contributed by atoms with Gasteiger partial charge in [-0.15, -0.1) is 0 Å². The normalized spacial score (nSPS) is 15.5. The van der Waals surface area contributed by atoms with Crippen LogP contribution in [0.1, 0.15) is 44.1 Å². The van der Waals surface area contributed by atoms with Crippen LogP contribution >= 0.6 is 0 Å². The van der Waals surface area contributed by atoms with Crippen LogP contribution < -0.4 is 10.6 Å². The predicted molar refractivity (Wildman–Crippen MR) is 247 cm³/mol. The number of esters is 1. The second-order valence-electron chi connectivity index (χ2n) is 16.0. The molecule has 12 N–H and O–H groups in total. The molecule has 0 spiro atoms. The molecule has 1 aromatic carbocycles. The summed E-state index contributed by atoms with van der Waals surface area (Å²) in [4.78, 5) is 50.2. The molecule has 0 aromatic heterocycles. The summed E-state index contributed by atoms with van der Waals surface area (Å²) >= 11 is 0. The van der Waals surface area contributed by atoms with Crippen molar-refractivity contribution in [1.29, 1.82) is 0 Å². The highest BCUT2D eigenvalue weighted by Gasteiger charge is 2.32. The largest absolute Gasteiger partial charge is 0.461 e. The topological polar surface area (TPSA) is 378 Å². The maximum atomic E-state index is 13.1. The number of hydrogen-bond acceptors (Lipinski definition) is 23. The van der Waals surface area contributed by atoms with Crippen molar-refractivity contribution in [1.82, 2.24) is 10.6 Å². The number of ether oxygens (including phenoxy) is 9. The molecule has 25 nitrogen and oxygen atoms in total. The van der Waals surface area contributed by atoms with Crippen LogP contribution in [-0.4, -0.2) is 255 Å². The zero-order chi connectivity index (χ0) is 52.5. The first-order chi connectivity index (χ1) is 34.2. The number of nitrogens with one attached hydrogen (secondary N) is 2. The number of benzene rings is 1. The fraction of sp³-hybridized carbons (Fsp3) is 0.783. The number of Topliss-reactive ketones (excluding diaryl/α,β-unsaturated/α-hetero) is 1. The van der Waals surface area contributed by atoms with Crippen LogP contribution in [-0.2, 0) is 68.4 Å². The third-order valence-corrected chi connectivity index (χ3v) is 10.3. The minimum absolute atomic E-state index is 0.0127. The van der Waals surface area contributed by atoms with Crippen LogP contribution in [0.4, 0.5) is 0 Å². The van der Waals surface area contributed by atoms with E-state index < -0.39 is 98.7 Å². The lowest BCUT2D eigenvalue weighted by Crippen LogP contribution is -2.50. The molecule has 1 aromatic rings. The van der Waals surface area contributed by atoms with Crippen LogP contribution in [0.25, 0.3) is 0 Å². The number of carbonyl (C=O) groups excluding carboxylic acids is 4. The van der Waals surface area contributed by atoms with E-state index in [1.165, 1.54) is 0 Å². The molecule has 25 heteroatoms. The van der Waals surface area contributed by atoms with Crippen molar-refractivity contribution in [2.45, 2.75) is 94.0 Å². The fourth-order valence-corrected chi connectivity index (χ4v) is 5.99. The fourth-order valence-electron chi connectivity index (χ4n) is 5.99. The number of rotatable bonds is 48. The number of hydrogen-bond donors (Lipinski definition) is 12. The molecule has 0 aliphatic rings. The van der Waals surface area contributed by atoms with Gasteiger partial charge >= 0.3 is 5.97 Å². The van der Waals surface area contributed by atoms with Crippen molar-refractivity contribution in [3.63, 3.8) is 0 Å². The van der Waals surface area contributed by atoms with Crippen LogP contribution in [0.3, 0.4) is 0 Å². The molecular weight excluding hydrogens is 948 g/mol. The molecule has 1 rings (SSSR count). The lowest BCUT2D eigenvalue weighted by molar-refractivity contribution is -0.145. The van der Waals surface area contributed by atoms with Gasteiger partial charge in [-0.25, -0.2) is 0 Å². The van der Waals surface area contributed by atoms with Gasteiger partial charge in [-0.2, -0.15) is 0 Å². The lowest BCUT2D eigenvalue weighted by Gasteiger charge is -2.26. The molecule has 0 saturated carbocycles. The summed E-state index contributed by atoms with van der Waals surface area (Å²) in [5.41, 5.74) is 0.946. The van der Waals surface area contributed by atoms with Gasteiger partial charge in [0.2, 0.25) is 11.8 Å². The van der Waals surface area contributed by atoms with E-state index in [0.717, 1.165) is 5.56 Å². The van der Waals surface area contributed by atoms with Crippen molar-refractivity contribution < 1.29 is 113 Å². The average molecular weight is 1030 g/mol. The summed E-state index contributed by atoms with van der Waals surface area (Å²) < 4.78 is 49.0. The van der Waals surface area contributed by atoms with Crippen LogP contribution in [0.2, 0.25) is 0 Å². The van der Waals surface area contributed by atoms with Gasteiger partial charge in [-0.05, 0) is 18.4 Å². The van der Waals surface area contributed by atoms with E-state index >= 15 is 0 Å². The number of ketones is 1. The summed E-state index contributed by atoms with van der Waals surface area (Å²) in [5, 5.41) is 101. The maximum absolute atomic E-state index is 13.1. The second kappa shape index (κ2) is 43.0. The van der Waals surface area contributed by atoms with Crippen molar-refractivity contribution in [3.05, 3.63) is 35.9 Å². The molecular formula is C46H80N2O23. The minimum atomic E-state index is -1.96. The minimum Gasteiger partial charge on any atom is -0.461 e. The molecule has 0 saturated heterocycles. The summed E-state index contributed by atoms with van der Waals surface area (Å²) in [6.07, 6.45) is -15.0. The molecule has 0 unspecified atom stereocenters. The molecule has 0 aliphatic carbocycles. The Morgan fingerprint density at radius 3 is 1.30 bits per heavy atom. The van der Waals surface area contributed by atoms with Crippen molar-refractivity contribution in [2.24, 2.45) is 5.92 Å². The second-order valence-corrected chi connectivity index (χ2v) is 16.0. The Labute approximate surface area is 414 Å². The lowest BCUT2D eigenvalue weighted by atomic mass is 9.94. The molecule has 0 fully saturated rings. The highest BCUT2D eigenvalue weighted by molar-refractivity contribution is 5.87. The highest BCUT2D eigenvalue weighted by atomic mass is 16.6. The molecule has 0 aliphatic heterocycles. The van der Waals surface area contributed by atoms with E-state index in [9.17, 15) is 60.0 Å². The van der Waals surface area contributed by atoms with Crippen molar-refractivity contribution in [3.8, 4) is 0 Å². The van der Waals surface area contributed by atoms with E-state index in [1.807, 2.05) is 30.3 Å². The van der Waals surface area contributed by atoms with E-state index in [0.29, 0.717) is 92.1 Å². The number of aliphatic hydroxyl groups is 10. The summed E-state index contributed by atoms with van der Waals surface area (Å²) in [6.45, 7) is 2.62. The number of aliphatic hydroxyl groups excluding tert-OH is 10. The van der Waals surface area contributed by atoms with Gasteiger partial charge in [0.1, 0.15) is 49.0 Å². The SMILES string of the molecule is O=C(CCOCCOCCOCCOCCOCCOCCOCCOCCCC(=O)OCc1ccccc1)C[C@@H](CCC(=O)NC[C@H](O)[C@@H](O)[C@H](O)[C@H](O)CO)C(=O)NC[C@H](O)[C@@H](O)[C@H](O)[C@H](O)CO. The summed E-state index contributed by atoms with van der Waals surface area (Å²) in [7, 11) is 0. The molecule has 412 valence electrons. The van der Waals surface area contributed by atoms with E-state index in [1.54, 1.807) is 0 Å². The third-order valence-electron chi connectivity index (χ3n) is 10.3. The van der Waals surface area contributed by atoms with Crippen LogP contribution in [0, 0.1) is 5.92 Å². The molecule has 0 radical (unpaired) electrons. The Hall–Kier alpha value is -3.42. The number of carbonyl (C=O) groups is 4. The predicted octanol–water partition coefficient (Wildman–Crippen LogP) is -4.51.